The van der Waals surface area contributed by atoms with Crippen molar-refractivity contribution in [2.24, 2.45) is 7.05 Å². The number of anilines is 1. The van der Waals surface area contributed by atoms with Gasteiger partial charge in [0.15, 0.2) is 0 Å². The fraction of sp³-hybridized carbons (Fsp3) is 0.444. The van der Waals surface area contributed by atoms with Gasteiger partial charge in [-0.3, -0.25) is 0 Å². The molecule has 0 bridgehead atoms. The van der Waals surface area contributed by atoms with Crippen LogP contribution in [0.2, 0.25) is 0 Å². The molecule has 90 valence electrons. The van der Waals surface area contributed by atoms with Gasteiger partial charge in [0.05, 0.1) is 0 Å². The molecule has 0 amide bonds. The SMILES string of the molecule is Cc1ccnc(NCCSc2nnnn2C)n1. The second-order valence-corrected chi connectivity index (χ2v) is 4.44. The quantitative estimate of drug-likeness (QED) is 0.612. The van der Waals surface area contributed by atoms with E-state index < -0.39 is 0 Å². The van der Waals surface area contributed by atoms with E-state index in [4.69, 9.17) is 0 Å². The molecule has 2 heterocycles. The highest BCUT2D eigenvalue weighted by Crippen LogP contribution is 2.11. The van der Waals surface area contributed by atoms with Crippen LogP contribution in [0.4, 0.5) is 5.95 Å². The normalized spacial score (nSPS) is 10.5. The van der Waals surface area contributed by atoms with Gasteiger partial charge in [-0.15, -0.1) is 5.10 Å². The highest BCUT2D eigenvalue weighted by molar-refractivity contribution is 7.99. The Morgan fingerprint density at radius 2 is 2.35 bits per heavy atom. The summed E-state index contributed by atoms with van der Waals surface area (Å²) in [4.78, 5) is 8.36. The summed E-state index contributed by atoms with van der Waals surface area (Å²) in [5.41, 5.74) is 0.952. The van der Waals surface area contributed by atoms with Crippen molar-refractivity contribution in [3.63, 3.8) is 0 Å². The minimum Gasteiger partial charge on any atom is -0.353 e. The molecule has 0 aliphatic heterocycles. The maximum Gasteiger partial charge on any atom is 0.222 e. The molecule has 2 rings (SSSR count). The average molecular weight is 251 g/mol. The summed E-state index contributed by atoms with van der Waals surface area (Å²) >= 11 is 1.59. The Morgan fingerprint density at radius 3 is 3.06 bits per heavy atom. The summed E-state index contributed by atoms with van der Waals surface area (Å²) in [6.45, 7) is 2.70. The first-order chi connectivity index (χ1) is 8.25. The first-order valence-corrected chi connectivity index (χ1v) is 6.13. The standard InChI is InChI=1S/C9H13N7S/c1-7-3-4-10-8(12-7)11-5-6-17-9-13-14-15-16(9)2/h3-4H,5-6H2,1-2H3,(H,10,11,12). The van der Waals surface area contributed by atoms with Crippen LogP contribution < -0.4 is 5.32 Å². The number of thioether (sulfide) groups is 1. The Bertz CT molecular complexity index is 484. The van der Waals surface area contributed by atoms with Crippen molar-refractivity contribution in [1.29, 1.82) is 0 Å². The molecular formula is C9H13N7S. The first-order valence-electron chi connectivity index (χ1n) is 5.14. The van der Waals surface area contributed by atoms with Crippen molar-refractivity contribution in [3.05, 3.63) is 18.0 Å². The summed E-state index contributed by atoms with van der Waals surface area (Å²) in [5.74, 6) is 1.51. The molecule has 0 aromatic carbocycles. The zero-order valence-electron chi connectivity index (χ0n) is 9.66. The first kappa shape index (κ1) is 11.8. The van der Waals surface area contributed by atoms with Gasteiger partial charge in [-0.25, -0.2) is 14.6 Å². The molecule has 0 atom stereocenters. The van der Waals surface area contributed by atoms with Crippen LogP contribution >= 0.6 is 11.8 Å². The predicted octanol–water partition coefficient (Wildman–Crippen LogP) is 0.513. The zero-order valence-corrected chi connectivity index (χ0v) is 10.5. The van der Waals surface area contributed by atoms with E-state index in [2.05, 4.69) is 30.8 Å². The van der Waals surface area contributed by atoms with Crippen LogP contribution in [0.3, 0.4) is 0 Å². The van der Waals surface area contributed by atoms with Gasteiger partial charge < -0.3 is 5.32 Å². The van der Waals surface area contributed by atoms with Crippen LogP contribution in [0, 0.1) is 6.92 Å². The number of nitrogens with zero attached hydrogens (tertiary/aromatic N) is 6. The van der Waals surface area contributed by atoms with E-state index in [0.717, 1.165) is 23.1 Å². The molecule has 1 N–H and O–H groups in total. The average Bonchev–Trinajstić information content (AvgIpc) is 2.71. The van der Waals surface area contributed by atoms with Gasteiger partial charge in [0.1, 0.15) is 0 Å². The Kier molecular flexibility index (Phi) is 3.86. The summed E-state index contributed by atoms with van der Waals surface area (Å²) in [5, 5.41) is 15.2. The van der Waals surface area contributed by atoms with Gasteiger partial charge in [-0.2, -0.15) is 0 Å². The van der Waals surface area contributed by atoms with Crippen molar-refractivity contribution in [2.75, 3.05) is 17.6 Å². The Hall–Kier alpha value is -1.70. The molecule has 8 heteroatoms. The van der Waals surface area contributed by atoms with Crippen molar-refractivity contribution in [3.8, 4) is 0 Å². The van der Waals surface area contributed by atoms with E-state index >= 15 is 0 Å². The van der Waals surface area contributed by atoms with Crippen molar-refractivity contribution in [2.45, 2.75) is 12.1 Å². The second-order valence-electron chi connectivity index (χ2n) is 3.38. The fourth-order valence-electron chi connectivity index (χ4n) is 1.18. The molecule has 0 aliphatic rings. The maximum absolute atomic E-state index is 4.25. The molecule has 0 spiro atoms. The molecule has 2 aromatic rings. The highest BCUT2D eigenvalue weighted by atomic mass is 32.2. The second kappa shape index (κ2) is 5.58. The van der Waals surface area contributed by atoms with Crippen molar-refractivity contribution >= 4 is 17.7 Å². The van der Waals surface area contributed by atoms with E-state index in [1.54, 1.807) is 22.6 Å². The predicted molar refractivity (Wildman–Crippen MR) is 64.8 cm³/mol. The van der Waals surface area contributed by atoms with E-state index in [0.29, 0.717) is 5.95 Å². The zero-order chi connectivity index (χ0) is 12.1. The molecule has 0 aliphatic carbocycles. The van der Waals surface area contributed by atoms with Crippen LogP contribution in [-0.4, -0.2) is 42.5 Å². The molecule has 17 heavy (non-hydrogen) atoms. The van der Waals surface area contributed by atoms with E-state index in [1.807, 2.05) is 20.0 Å². The summed E-state index contributed by atoms with van der Waals surface area (Å²) in [6.07, 6.45) is 1.74. The lowest BCUT2D eigenvalue weighted by molar-refractivity contribution is 0.664. The molecule has 7 nitrogen and oxygen atoms in total. The van der Waals surface area contributed by atoms with Gasteiger partial charge in [0.25, 0.3) is 0 Å². The number of nitrogens with one attached hydrogen (secondary N) is 1. The molecule has 0 unspecified atom stereocenters. The largest absolute Gasteiger partial charge is 0.353 e. The molecule has 0 fully saturated rings. The Balaban J connectivity index is 1.75. The van der Waals surface area contributed by atoms with Gasteiger partial charge >= 0.3 is 0 Å². The van der Waals surface area contributed by atoms with Gasteiger partial charge in [-0.1, -0.05) is 11.8 Å². The lowest BCUT2D eigenvalue weighted by atomic mass is 10.5. The molecule has 0 saturated heterocycles. The summed E-state index contributed by atoms with van der Waals surface area (Å²) in [6, 6.07) is 1.87. The third-order valence-corrected chi connectivity index (χ3v) is 3.00. The Morgan fingerprint density at radius 1 is 1.47 bits per heavy atom. The van der Waals surface area contributed by atoms with Crippen LogP contribution in [-0.2, 0) is 7.05 Å². The summed E-state index contributed by atoms with van der Waals surface area (Å²) in [7, 11) is 1.82. The number of rotatable bonds is 5. The van der Waals surface area contributed by atoms with Crippen LogP contribution in [0.15, 0.2) is 17.4 Å². The monoisotopic (exact) mass is 251 g/mol. The topological polar surface area (TPSA) is 81.4 Å². The number of hydrogen-bond donors (Lipinski definition) is 1. The number of aryl methyl sites for hydroxylation is 2. The molecule has 2 aromatic heterocycles. The van der Waals surface area contributed by atoms with Crippen LogP contribution in [0.5, 0.6) is 0 Å². The third kappa shape index (κ3) is 3.38. The molecule has 0 radical (unpaired) electrons. The fourth-order valence-corrected chi connectivity index (χ4v) is 1.89. The van der Waals surface area contributed by atoms with Crippen molar-refractivity contribution < 1.29 is 0 Å². The minimum atomic E-state index is 0.654. The Labute approximate surface area is 103 Å². The number of tetrazole rings is 1. The number of aromatic nitrogens is 6. The van der Waals surface area contributed by atoms with Crippen molar-refractivity contribution in [1.82, 2.24) is 30.2 Å². The van der Waals surface area contributed by atoms with E-state index in [1.165, 1.54) is 0 Å². The molecular weight excluding hydrogens is 238 g/mol. The van der Waals surface area contributed by atoms with Gasteiger partial charge in [-0.05, 0) is 23.4 Å². The molecule has 0 saturated carbocycles. The lowest BCUT2D eigenvalue weighted by Crippen LogP contribution is -2.08. The van der Waals surface area contributed by atoms with Gasteiger partial charge in [0, 0.05) is 31.2 Å². The minimum absolute atomic E-state index is 0.654. The maximum atomic E-state index is 4.25. The smallest absolute Gasteiger partial charge is 0.222 e. The van der Waals surface area contributed by atoms with Crippen LogP contribution in [0.1, 0.15) is 5.69 Å². The summed E-state index contributed by atoms with van der Waals surface area (Å²) < 4.78 is 1.65. The lowest BCUT2D eigenvalue weighted by Gasteiger charge is -2.03. The number of hydrogen-bond acceptors (Lipinski definition) is 7. The van der Waals surface area contributed by atoms with E-state index in [-0.39, 0.29) is 0 Å². The third-order valence-electron chi connectivity index (χ3n) is 1.99. The van der Waals surface area contributed by atoms with Gasteiger partial charge in [0.2, 0.25) is 11.1 Å². The highest BCUT2D eigenvalue weighted by Gasteiger charge is 2.02. The van der Waals surface area contributed by atoms with E-state index in [9.17, 15) is 0 Å². The van der Waals surface area contributed by atoms with Crippen LogP contribution in [0.25, 0.3) is 0 Å².